The molecule has 0 aliphatic rings. The molecule has 0 aliphatic carbocycles. The van der Waals surface area contributed by atoms with Gasteiger partial charge in [-0.1, -0.05) is 188 Å². The van der Waals surface area contributed by atoms with Crippen molar-refractivity contribution < 1.29 is 0 Å². The van der Waals surface area contributed by atoms with Crippen LogP contribution in [0.3, 0.4) is 0 Å². The first kappa shape index (κ1) is 34.0. The molecule has 0 atom stereocenters. The highest BCUT2D eigenvalue weighted by Crippen LogP contribution is 2.44. The summed E-state index contributed by atoms with van der Waals surface area (Å²) in [4.78, 5) is 2.41. The molecule has 268 valence electrons. The van der Waals surface area contributed by atoms with Crippen molar-refractivity contribution in [3.05, 3.63) is 237 Å². The second kappa shape index (κ2) is 15.0. The number of anilines is 3. The smallest absolute Gasteiger partial charge is 0.0546 e. The highest BCUT2D eigenvalue weighted by Gasteiger charge is 2.19. The van der Waals surface area contributed by atoms with Crippen molar-refractivity contribution in [1.82, 2.24) is 0 Å². The molecule has 0 bridgehead atoms. The van der Waals surface area contributed by atoms with Gasteiger partial charge < -0.3 is 4.90 Å². The van der Waals surface area contributed by atoms with E-state index in [-0.39, 0.29) is 0 Å². The van der Waals surface area contributed by atoms with Gasteiger partial charge in [-0.2, -0.15) is 0 Å². The normalized spacial score (nSPS) is 11.2. The molecule has 10 rings (SSSR count). The van der Waals surface area contributed by atoms with Crippen molar-refractivity contribution in [3.63, 3.8) is 0 Å². The van der Waals surface area contributed by atoms with E-state index in [1.807, 2.05) is 0 Å². The Hall–Kier alpha value is -7.48. The molecule has 10 aromatic carbocycles. The number of benzene rings is 10. The number of hydrogen-bond acceptors (Lipinski definition) is 1. The lowest BCUT2D eigenvalue weighted by molar-refractivity contribution is 1.28. The minimum Gasteiger partial charge on any atom is -0.310 e. The molecule has 0 aliphatic heterocycles. The molecule has 0 spiro atoms. The summed E-state index contributed by atoms with van der Waals surface area (Å²) in [6, 6.07) is 85.8. The van der Waals surface area contributed by atoms with Crippen molar-refractivity contribution in [3.8, 4) is 55.6 Å². The van der Waals surface area contributed by atoms with E-state index >= 15 is 0 Å². The zero-order valence-corrected chi connectivity index (χ0v) is 31.5. The Kier molecular flexibility index (Phi) is 8.95. The summed E-state index contributed by atoms with van der Waals surface area (Å²) >= 11 is 0. The Morgan fingerprint density at radius 3 is 1.14 bits per heavy atom. The number of rotatable bonds is 8. The topological polar surface area (TPSA) is 3.24 Å². The zero-order chi connectivity index (χ0) is 38.0. The van der Waals surface area contributed by atoms with Crippen LogP contribution in [0, 0.1) is 0 Å². The minimum atomic E-state index is 1.09. The summed E-state index contributed by atoms with van der Waals surface area (Å²) in [7, 11) is 0. The van der Waals surface area contributed by atoms with Crippen LogP contribution in [0.25, 0.3) is 77.2 Å². The van der Waals surface area contributed by atoms with Gasteiger partial charge in [0.15, 0.2) is 0 Å². The summed E-state index contributed by atoms with van der Waals surface area (Å²) in [5.41, 5.74) is 15.2. The van der Waals surface area contributed by atoms with Gasteiger partial charge in [-0.3, -0.25) is 0 Å². The molecule has 0 heterocycles. The maximum atomic E-state index is 2.41. The summed E-state index contributed by atoms with van der Waals surface area (Å²) in [6.07, 6.45) is 0. The molecule has 0 saturated carbocycles. The van der Waals surface area contributed by atoms with E-state index in [2.05, 4.69) is 241 Å². The second-order valence-electron chi connectivity index (χ2n) is 14.6. The van der Waals surface area contributed by atoms with Crippen molar-refractivity contribution in [2.75, 3.05) is 4.90 Å². The van der Waals surface area contributed by atoms with Crippen LogP contribution >= 0.6 is 0 Å². The van der Waals surface area contributed by atoms with E-state index in [9.17, 15) is 0 Å². The first-order chi connectivity index (χ1) is 28.2. The minimum absolute atomic E-state index is 1.09. The van der Waals surface area contributed by atoms with Gasteiger partial charge in [0.25, 0.3) is 0 Å². The molecule has 1 nitrogen and oxygen atoms in total. The average molecular weight is 726 g/mol. The Morgan fingerprint density at radius 2 is 0.579 bits per heavy atom. The molecule has 0 radical (unpaired) electrons. The first-order valence-electron chi connectivity index (χ1n) is 19.6. The Morgan fingerprint density at radius 1 is 0.211 bits per heavy atom. The predicted molar refractivity (Wildman–Crippen MR) is 243 cm³/mol. The maximum absolute atomic E-state index is 2.41. The van der Waals surface area contributed by atoms with Crippen LogP contribution in [-0.2, 0) is 0 Å². The Labute approximate surface area is 334 Å². The molecule has 0 fully saturated rings. The first-order valence-corrected chi connectivity index (χ1v) is 19.6. The highest BCUT2D eigenvalue weighted by atomic mass is 15.1. The van der Waals surface area contributed by atoms with Gasteiger partial charge in [0.2, 0.25) is 0 Å². The lowest BCUT2D eigenvalue weighted by Gasteiger charge is -2.29. The average Bonchev–Trinajstić information content (AvgIpc) is 3.30. The molecule has 1 heteroatoms. The largest absolute Gasteiger partial charge is 0.310 e. The van der Waals surface area contributed by atoms with Crippen LogP contribution in [0.2, 0.25) is 0 Å². The quantitative estimate of drug-likeness (QED) is 0.151. The Balaban J connectivity index is 1.10. The molecule has 0 saturated heterocycles. The Bertz CT molecular complexity index is 2980. The van der Waals surface area contributed by atoms with Gasteiger partial charge in [-0.15, -0.1) is 0 Å². The third-order valence-electron chi connectivity index (χ3n) is 11.0. The van der Waals surface area contributed by atoms with Crippen LogP contribution in [0.5, 0.6) is 0 Å². The van der Waals surface area contributed by atoms with Gasteiger partial charge in [0, 0.05) is 16.9 Å². The van der Waals surface area contributed by atoms with Crippen LogP contribution in [0.1, 0.15) is 0 Å². The van der Waals surface area contributed by atoms with Gasteiger partial charge in [-0.25, -0.2) is 0 Å². The molecular weight excluding hydrogens is 687 g/mol. The molecular formula is C56H39N. The van der Waals surface area contributed by atoms with E-state index in [1.54, 1.807) is 0 Å². The number of hydrogen-bond donors (Lipinski definition) is 0. The lowest BCUT2D eigenvalue weighted by atomic mass is 9.95. The van der Waals surface area contributed by atoms with Crippen LogP contribution in [0.15, 0.2) is 237 Å². The van der Waals surface area contributed by atoms with Crippen LogP contribution in [-0.4, -0.2) is 0 Å². The molecule has 0 amide bonds. The molecule has 57 heavy (non-hydrogen) atoms. The SMILES string of the molecule is c1ccc(-c2ccc(N(c3ccc(-c4cccc(-c5ccc6ccccc6c5)c4)cc3)c3cc(-c4ccc5ccccc5c4)ccc3-c3ccccc3)cc2)cc1. The van der Waals surface area contributed by atoms with Gasteiger partial charge in [0.1, 0.15) is 0 Å². The fourth-order valence-corrected chi connectivity index (χ4v) is 8.04. The lowest BCUT2D eigenvalue weighted by Crippen LogP contribution is -2.11. The number of fused-ring (bicyclic) bond motifs is 2. The molecule has 10 aromatic rings. The fourth-order valence-electron chi connectivity index (χ4n) is 8.04. The monoisotopic (exact) mass is 725 g/mol. The number of nitrogens with zero attached hydrogens (tertiary/aromatic N) is 1. The van der Waals surface area contributed by atoms with Crippen LogP contribution in [0.4, 0.5) is 17.1 Å². The maximum Gasteiger partial charge on any atom is 0.0546 e. The summed E-state index contributed by atoms with van der Waals surface area (Å²) < 4.78 is 0. The standard InChI is InChI=1S/C56H39N/c1-3-12-40(13-4-1)43-26-31-53(32-27-43)57(54-33-28-44(29-34-54)48-20-11-21-49(36-48)50-24-22-41-14-7-9-18-46(41)37-50)56-39-52(30-35-55(56)45-16-5-2-6-17-45)51-25-23-42-15-8-10-19-47(42)38-51/h1-39H. The molecule has 0 N–H and O–H groups in total. The third-order valence-corrected chi connectivity index (χ3v) is 11.0. The van der Waals surface area contributed by atoms with Crippen molar-refractivity contribution in [2.45, 2.75) is 0 Å². The van der Waals surface area contributed by atoms with Gasteiger partial charge in [0.05, 0.1) is 5.69 Å². The van der Waals surface area contributed by atoms with Crippen molar-refractivity contribution in [2.24, 2.45) is 0 Å². The van der Waals surface area contributed by atoms with E-state index in [4.69, 9.17) is 0 Å². The fraction of sp³-hybridized carbons (Fsp3) is 0. The molecule has 0 aromatic heterocycles. The van der Waals surface area contributed by atoms with Gasteiger partial charge >= 0.3 is 0 Å². The van der Waals surface area contributed by atoms with E-state index in [1.165, 1.54) is 77.2 Å². The summed E-state index contributed by atoms with van der Waals surface area (Å²) in [6.45, 7) is 0. The molecule has 0 unspecified atom stereocenters. The second-order valence-corrected chi connectivity index (χ2v) is 14.6. The van der Waals surface area contributed by atoms with Crippen LogP contribution < -0.4 is 4.90 Å². The van der Waals surface area contributed by atoms with E-state index < -0.39 is 0 Å². The highest BCUT2D eigenvalue weighted by molar-refractivity contribution is 5.94. The van der Waals surface area contributed by atoms with E-state index in [0.717, 1.165) is 17.1 Å². The van der Waals surface area contributed by atoms with Gasteiger partial charge in [-0.05, 0) is 120 Å². The predicted octanol–water partition coefficient (Wildman–Crippen LogP) is 15.8. The summed E-state index contributed by atoms with van der Waals surface area (Å²) in [5.74, 6) is 0. The third kappa shape index (κ3) is 6.88. The van der Waals surface area contributed by atoms with Crippen molar-refractivity contribution in [1.29, 1.82) is 0 Å². The van der Waals surface area contributed by atoms with Crippen molar-refractivity contribution >= 4 is 38.6 Å². The van der Waals surface area contributed by atoms with E-state index in [0.29, 0.717) is 0 Å². The summed E-state index contributed by atoms with van der Waals surface area (Å²) in [5, 5.41) is 4.98. The zero-order valence-electron chi connectivity index (χ0n) is 31.5.